The molecule has 0 saturated heterocycles. The van der Waals surface area contributed by atoms with Crippen molar-refractivity contribution in [2.75, 3.05) is 11.1 Å². The van der Waals surface area contributed by atoms with Crippen LogP contribution in [0.15, 0.2) is 42.5 Å². The van der Waals surface area contributed by atoms with Crippen molar-refractivity contribution in [3.05, 3.63) is 58.9 Å². The zero-order valence-electron chi connectivity index (χ0n) is 10.7. The maximum Gasteiger partial charge on any atom is 0.224 e. The van der Waals surface area contributed by atoms with E-state index in [1.807, 2.05) is 18.2 Å². The number of nitrogen functional groups attached to an aromatic ring is 1. The van der Waals surface area contributed by atoms with Crippen LogP contribution in [0.2, 0.25) is 5.02 Å². The molecule has 0 radical (unpaired) electrons. The number of benzene rings is 2. The maximum absolute atomic E-state index is 13.5. The molecule has 0 atom stereocenters. The lowest BCUT2D eigenvalue weighted by Gasteiger charge is -2.08. The van der Waals surface area contributed by atoms with Crippen LogP contribution in [-0.4, -0.2) is 5.91 Å². The van der Waals surface area contributed by atoms with Crippen molar-refractivity contribution in [2.24, 2.45) is 0 Å². The number of aryl methyl sites for hydroxylation is 1. The van der Waals surface area contributed by atoms with E-state index in [9.17, 15) is 9.18 Å². The van der Waals surface area contributed by atoms with Gasteiger partial charge in [-0.25, -0.2) is 4.39 Å². The number of halogens is 2. The minimum absolute atomic E-state index is 0.0866. The third-order valence-electron chi connectivity index (χ3n) is 2.88. The highest BCUT2D eigenvalue weighted by Gasteiger charge is 2.08. The molecule has 0 aliphatic heterocycles. The van der Waals surface area contributed by atoms with E-state index < -0.39 is 5.82 Å². The van der Waals surface area contributed by atoms with Gasteiger partial charge >= 0.3 is 0 Å². The highest BCUT2D eigenvalue weighted by atomic mass is 35.5. The van der Waals surface area contributed by atoms with E-state index >= 15 is 0 Å². The van der Waals surface area contributed by atoms with Gasteiger partial charge in [0.25, 0.3) is 0 Å². The van der Waals surface area contributed by atoms with Gasteiger partial charge in [-0.2, -0.15) is 0 Å². The molecule has 20 heavy (non-hydrogen) atoms. The fourth-order valence-electron chi connectivity index (χ4n) is 1.82. The predicted octanol–water partition coefficient (Wildman–Crippen LogP) is 3.63. The second-order valence-electron chi connectivity index (χ2n) is 4.37. The second kappa shape index (κ2) is 6.39. The van der Waals surface area contributed by atoms with E-state index in [1.165, 1.54) is 18.2 Å². The summed E-state index contributed by atoms with van der Waals surface area (Å²) in [6.07, 6.45) is 0.723. The largest absolute Gasteiger partial charge is 0.399 e. The third-order valence-corrected chi connectivity index (χ3v) is 3.11. The first-order chi connectivity index (χ1) is 9.56. The van der Waals surface area contributed by atoms with E-state index in [2.05, 4.69) is 5.32 Å². The highest BCUT2D eigenvalue weighted by Crippen LogP contribution is 2.20. The average molecular weight is 293 g/mol. The number of amides is 1. The van der Waals surface area contributed by atoms with Crippen LogP contribution in [0.4, 0.5) is 15.8 Å². The summed E-state index contributed by atoms with van der Waals surface area (Å²) >= 11 is 5.76. The Bertz CT molecular complexity index is 631. The van der Waals surface area contributed by atoms with Gasteiger partial charge in [-0.1, -0.05) is 29.8 Å². The van der Waals surface area contributed by atoms with Crippen LogP contribution in [-0.2, 0) is 11.2 Å². The topological polar surface area (TPSA) is 55.1 Å². The van der Waals surface area contributed by atoms with Gasteiger partial charge in [0.05, 0.1) is 5.69 Å². The van der Waals surface area contributed by atoms with Crippen LogP contribution in [0.5, 0.6) is 0 Å². The number of nitrogens with one attached hydrogen (secondary N) is 1. The monoisotopic (exact) mass is 292 g/mol. The number of para-hydroxylation sites is 1. The summed E-state index contributed by atoms with van der Waals surface area (Å²) < 4.78 is 13.5. The van der Waals surface area contributed by atoms with E-state index in [0.717, 1.165) is 5.56 Å². The summed E-state index contributed by atoms with van der Waals surface area (Å²) in [7, 11) is 0. The molecular formula is C15H14ClFN2O. The molecule has 1 amide bonds. The number of hydrogen-bond donors (Lipinski definition) is 2. The standard InChI is InChI=1S/C15H14ClFN2O/c16-11-6-7-12(17)14(9-11)19-15(20)8-5-10-3-1-2-4-13(10)18/h1-4,6-7,9H,5,8,18H2,(H,19,20). The molecule has 0 spiro atoms. The lowest BCUT2D eigenvalue weighted by Crippen LogP contribution is -2.13. The van der Waals surface area contributed by atoms with Crippen LogP contribution in [0.1, 0.15) is 12.0 Å². The van der Waals surface area contributed by atoms with Gasteiger partial charge in [-0.05, 0) is 36.2 Å². The predicted molar refractivity (Wildman–Crippen MR) is 79.2 cm³/mol. The van der Waals surface area contributed by atoms with Crippen molar-refractivity contribution in [3.8, 4) is 0 Å². The molecule has 0 heterocycles. The van der Waals surface area contributed by atoms with Crippen LogP contribution in [0.25, 0.3) is 0 Å². The molecule has 0 aliphatic carbocycles. The Morgan fingerprint density at radius 2 is 2.00 bits per heavy atom. The summed E-state index contributed by atoms with van der Waals surface area (Å²) in [5.41, 5.74) is 7.43. The molecule has 104 valence electrons. The van der Waals surface area contributed by atoms with Crippen molar-refractivity contribution < 1.29 is 9.18 Å². The van der Waals surface area contributed by atoms with Gasteiger partial charge in [0, 0.05) is 17.1 Å². The zero-order chi connectivity index (χ0) is 14.5. The smallest absolute Gasteiger partial charge is 0.224 e. The van der Waals surface area contributed by atoms with Crippen LogP contribution in [0.3, 0.4) is 0 Å². The molecule has 2 aromatic rings. The lowest BCUT2D eigenvalue weighted by molar-refractivity contribution is -0.116. The molecule has 5 heteroatoms. The number of carbonyl (C=O) groups is 1. The van der Waals surface area contributed by atoms with Crippen molar-refractivity contribution in [3.63, 3.8) is 0 Å². The quantitative estimate of drug-likeness (QED) is 0.846. The van der Waals surface area contributed by atoms with E-state index in [4.69, 9.17) is 17.3 Å². The molecule has 0 fully saturated rings. The SMILES string of the molecule is Nc1ccccc1CCC(=O)Nc1cc(Cl)ccc1F. The summed E-state index contributed by atoms with van der Waals surface area (Å²) in [5, 5.41) is 2.87. The summed E-state index contributed by atoms with van der Waals surface area (Å²) in [6.45, 7) is 0. The maximum atomic E-state index is 13.5. The van der Waals surface area contributed by atoms with E-state index in [1.54, 1.807) is 6.07 Å². The molecule has 3 nitrogen and oxygen atoms in total. The Hall–Kier alpha value is -2.07. The third kappa shape index (κ3) is 3.71. The summed E-state index contributed by atoms with van der Waals surface area (Å²) in [6, 6.07) is 11.4. The normalized spacial score (nSPS) is 10.3. The lowest BCUT2D eigenvalue weighted by atomic mass is 10.1. The number of nitrogens with two attached hydrogens (primary N) is 1. The fourth-order valence-corrected chi connectivity index (χ4v) is 1.99. The van der Waals surface area contributed by atoms with Crippen molar-refractivity contribution in [1.82, 2.24) is 0 Å². The first-order valence-corrected chi connectivity index (χ1v) is 6.52. The van der Waals surface area contributed by atoms with Gasteiger partial charge in [-0.3, -0.25) is 4.79 Å². The molecule has 0 aliphatic rings. The minimum Gasteiger partial charge on any atom is -0.399 e. The molecule has 0 aromatic heterocycles. The first kappa shape index (κ1) is 14.3. The second-order valence-corrected chi connectivity index (χ2v) is 4.81. The Balaban J connectivity index is 1.96. The van der Waals surface area contributed by atoms with Gasteiger partial charge < -0.3 is 11.1 Å². The van der Waals surface area contributed by atoms with Crippen molar-refractivity contribution in [2.45, 2.75) is 12.8 Å². The molecule has 0 unspecified atom stereocenters. The molecule has 2 aromatic carbocycles. The molecule has 3 N–H and O–H groups in total. The van der Waals surface area contributed by atoms with Crippen molar-refractivity contribution >= 4 is 28.9 Å². The van der Waals surface area contributed by atoms with Crippen LogP contribution in [0, 0.1) is 5.82 Å². The van der Waals surface area contributed by atoms with Gasteiger partial charge in [-0.15, -0.1) is 0 Å². The summed E-state index contributed by atoms with van der Waals surface area (Å²) in [5.74, 6) is -0.795. The van der Waals surface area contributed by atoms with Gasteiger partial charge in [0.1, 0.15) is 5.82 Å². The number of rotatable bonds is 4. The van der Waals surface area contributed by atoms with Crippen LogP contribution < -0.4 is 11.1 Å². The number of hydrogen-bond acceptors (Lipinski definition) is 2. The Morgan fingerprint density at radius 1 is 1.25 bits per heavy atom. The highest BCUT2D eigenvalue weighted by molar-refractivity contribution is 6.30. The number of anilines is 2. The van der Waals surface area contributed by atoms with E-state index in [-0.39, 0.29) is 18.0 Å². The van der Waals surface area contributed by atoms with E-state index in [0.29, 0.717) is 17.1 Å². The minimum atomic E-state index is -0.512. The summed E-state index contributed by atoms with van der Waals surface area (Å²) in [4.78, 5) is 11.8. The zero-order valence-corrected chi connectivity index (χ0v) is 11.5. The number of carbonyl (C=O) groups excluding carboxylic acids is 1. The molecule has 0 bridgehead atoms. The molecule has 0 saturated carbocycles. The first-order valence-electron chi connectivity index (χ1n) is 6.14. The molecular weight excluding hydrogens is 279 g/mol. The Morgan fingerprint density at radius 3 is 2.75 bits per heavy atom. The fraction of sp³-hybridized carbons (Fsp3) is 0.133. The van der Waals surface area contributed by atoms with Crippen molar-refractivity contribution in [1.29, 1.82) is 0 Å². The molecule has 2 rings (SSSR count). The Labute approximate surface area is 121 Å². The van der Waals surface area contributed by atoms with Crippen LogP contribution >= 0.6 is 11.6 Å². The van der Waals surface area contributed by atoms with Gasteiger partial charge in [0.15, 0.2) is 0 Å². The Kier molecular flexibility index (Phi) is 4.58. The average Bonchev–Trinajstić information content (AvgIpc) is 2.42. The van der Waals surface area contributed by atoms with Gasteiger partial charge in [0.2, 0.25) is 5.91 Å².